The van der Waals surface area contributed by atoms with Crippen molar-refractivity contribution in [3.63, 3.8) is 0 Å². The smallest absolute Gasteiger partial charge is 0.128 e. The average Bonchev–Trinajstić information content (AvgIpc) is 2.92. The molecule has 0 saturated carbocycles. The van der Waals surface area contributed by atoms with Crippen molar-refractivity contribution in [3.8, 4) is 0 Å². The van der Waals surface area contributed by atoms with Gasteiger partial charge in [-0.1, -0.05) is 35.3 Å². The van der Waals surface area contributed by atoms with Crippen LogP contribution in [0.3, 0.4) is 0 Å². The SMILES string of the molecule is CCCCN(Cc1ccc(Br)cc1F)CC1CCCN1. The second-order valence-electron chi connectivity index (χ2n) is 5.62. The summed E-state index contributed by atoms with van der Waals surface area (Å²) < 4.78 is 14.8. The van der Waals surface area contributed by atoms with Gasteiger partial charge in [-0.25, -0.2) is 4.39 Å². The summed E-state index contributed by atoms with van der Waals surface area (Å²) >= 11 is 3.31. The molecule has 1 saturated heterocycles. The highest BCUT2D eigenvalue weighted by Gasteiger charge is 2.18. The van der Waals surface area contributed by atoms with E-state index in [1.165, 1.54) is 25.7 Å². The molecule has 1 aliphatic rings. The van der Waals surface area contributed by atoms with Crippen LogP contribution in [0.1, 0.15) is 38.2 Å². The normalized spacial score (nSPS) is 18.9. The van der Waals surface area contributed by atoms with E-state index in [2.05, 4.69) is 33.1 Å². The number of nitrogens with one attached hydrogen (secondary N) is 1. The van der Waals surface area contributed by atoms with Crippen LogP contribution in [0, 0.1) is 5.82 Å². The molecule has 2 nitrogen and oxygen atoms in total. The molecule has 20 heavy (non-hydrogen) atoms. The van der Waals surface area contributed by atoms with Crippen molar-refractivity contribution < 1.29 is 4.39 Å². The highest BCUT2D eigenvalue weighted by molar-refractivity contribution is 9.10. The highest BCUT2D eigenvalue weighted by Crippen LogP contribution is 2.18. The summed E-state index contributed by atoms with van der Waals surface area (Å²) in [6.45, 7) is 6.10. The van der Waals surface area contributed by atoms with Gasteiger partial charge in [0.25, 0.3) is 0 Å². The molecule has 0 spiro atoms. The first-order chi connectivity index (χ1) is 9.69. The molecule has 0 aliphatic carbocycles. The topological polar surface area (TPSA) is 15.3 Å². The minimum atomic E-state index is -0.111. The molecule has 0 bridgehead atoms. The van der Waals surface area contributed by atoms with E-state index in [1.54, 1.807) is 6.07 Å². The first kappa shape index (κ1) is 15.9. The third-order valence-corrected chi connectivity index (χ3v) is 4.37. The number of halogens is 2. The number of unbranched alkanes of at least 4 members (excludes halogenated alkanes) is 1. The maximum Gasteiger partial charge on any atom is 0.128 e. The van der Waals surface area contributed by atoms with Gasteiger partial charge in [0.2, 0.25) is 0 Å². The van der Waals surface area contributed by atoms with Gasteiger partial charge in [0, 0.05) is 29.2 Å². The Kier molecular flexibility index (Phi) is 6.46. The van der Waals surface area contributed by atoms with E-state index in [4.69, 9.17) is 0 Å². The van der Waals surface area contributed by atoms with Crippen molar-refractivity contribution >= 4 is 15.9 Å². The van der Waals surface area contributed by atoms with Crippen LogP contribution in [0.5, 0.6) is 0 Å². The van der Waals surface area contributed by atoms with E-state index in [-0.39, 0.29) is 5.82 Å². The molecule has 0 radical (unpaired) electrons. The van der Waals surface area contributed by atoms with Crippen LogP contribution in [0.2, 0.25) is 0 Å². The van der Waals surface area contributed by atoms with Gasteiger partial charge >= 0.3 is 0 Å². The molecule has 1 aromatic carbocycles. The lowest BCUT2D eigenvalue weighted by molar-refractivity contribution is 0.234. The molecule has 1 unspecified atom stereocenters. The second-order valence-corrected chi connectivity index (χ2v) is 6.53. The van der Waals surface area contributed by atoms with Crippen LogP contribution in [0.4, 0.5) is 4.39 Å². The summed E-state index contributed by atoms with van der Waals surface area (Å²) in [4.78, 5) is 2.39. The predicted molar refractivity (Wildman–Crippen MR) is 85.3 cm³/mol. The Bertz CT molecular complexity index is 419. The summed E-state index contributed by atoms with van der Waals surface area (Å²) in [5, 5.41) is 3.53. The van der Waals surface area contributed by atoms with Crippen LogP contribution in [-0.2, 0) is 6.54 Å². The number of nitrogens with zero attached hydrogens (tertiary/aromatic N) is 1. The van der Waals surface area contributed by atoms with Crippen molar-refractivity contribution in [2.75, 3.05) is 19.6 Å². The summed E-state index contributed by atoms with van der Waals surface area (Å²) in [5.41, 5.74) is 0.794. The molecule has 0 amide bonds. The lowest BCUT2D eigenvalue weighted by Crippen LogP contribution is -2.37. The van der Waals surface area contributed by atoms with Crippen molar-refractivity contribution in [2.45, 2.75) is 45.2 Å². The van der Waals surface area contributed by atoms with Gasteiger partial charge in [0.05, 0.1) is 0 Å². The molecule has 4 heteroatoms. The lowest BCUT2D eigenvalue weighted by Gasteiger charge is -2.26. The molecular weight excluding hydrogens is 319 g/mol. The monoisotopic (exact) mass is 342 g/mol. The van der Waals surface area contributed by atoms with Crippen LogP contribution >= 0.6 is 15.9 Å². The molecule has 1 heterocycles. The van der Waals surface area contributed by atoms with Crippen LogP contribution < -0.4 is 5.32 Å². The zero-order valence-electron chi connectivity index (χ0n) is 12.2. The van der Waals surface area contributed by atoms with Crippen LogP contribution in [0.25, 0.3) is 0 Å². The molecule has 1 aromatic rings. The fourth-order valence-electron chi connectivity index (χ4n) is 2.73. The van der Waals surface area contributed by atoms with E-state index in [0.717, 1.165) is 29.7 Å². The average molecular weight is 343 g/mol. The zero-order valence-corrected chi connectivity index (χ0v) is 13.8. The second kappa shape index (κ2) is 8.11. The van der Waals surface area contributed by atoms with Crippen LogP contribution in [-0.4, -0.2) is 30.6 Å². The number of benzene rings is 1. The van der Waals surface area contributed by atoms with E-state index >= 15 is 0 Å². The Morgan fingerprint density at radius 3 is 2.95 bits per heavy atom. The highest BCUT2D eigenvalue weighted by atomic mass is 79.9. The standard InChI is InChI=1S/C16H24BrFN2/c1-2-3-9-20(12-15-5-4-8-19-15)11-13-6-7-14(17)10-16(13)18/h6-7,10,15,19H,2-5,8-9,11-12H2,1H3. The molecule has 1 aliphatic heterocycles. The van der Waals surface area contributed by atoms with Gasteiger partial charge in [-0.2, -0.15) is 0 Å². The minimum Gasteiger partial charge on any atom is -0.313 e. The fraction of sp³-hybridized carbons (Fsp3) is 0.625. The first-order valence-corrected chi connectivity index (χ1v) is 8.38. The Morgan fingerprint density at radius 2 is 2.30 bits per heavy atom. The van der Waals surface area contributed by atoms with Crippen molar-refractivity contribution in [1.29, 1.82) is 0 Å². The lowest BCUT2D eigenvalue weighted by atomic mass is 10.1. The maximum atomic E-state index is 14.0. The molecule has 1 N–H and O–H groups in total. The summed E-state index contributed by atoms with van der Waals surface area (Å²) in [6, 6.07) is 5.94. The minimum absolute atomic E-state index is 0.111. The maximum absolute atomic E-state index is 14.0. The Hall–Kier alpha value is -0.450. The van der Waals surface area contributed by atoms with Gasteiger partial charge in [-0.05, 0) is 44.5 Å². The Morgan fingerprint density at radius 1 is 1.45 bits per heavy atom. The summed E-state index contributed by atoms with van der Waals surface area (Å²) in [7, 11) is 0. The van der Waals surface area contributed by atoms with Crippen LogP contribution in [0.15, 0.2) is 22.7 Å². The van der Waals surface area contributed by atoms with E-state index in [9.17, 15) is 4.39 Å². The van der Waals surface area contributed by atoms with Gasteiger partial charge < -0.3 is 5.32 Å². The largest absolute Gasteiger partial charge is 0.313 e. The predicted octanol–water partition coefficient (Wildman–Crippen LogP) is 3.94. The third-order valence-electron chi connectivity index (χ3n) is 3.88. The Labute approximate surface area is 129 Å². The fourth-order valence-corrected chi connectivity index (χ4v) is 3.06. The van der Waals surface area contributed by atoms with Crippen molar-refractivity contribution in [1.82, 2.24) is 10.2 Å². The molecule has 1 fully saturated rings. The third kappa shape index (κ3) is 4.83. The molecule has 2 rings (SSSR count). The van der Waals surface area contributed by atoms with Gasteiger partial charge in [-0.15, -0.1) is 0 Å². The number of hydrogen-bond donors (Lipinski definition) is 1. The molecule has 112 valence electrons. The zero-order chi connectivity index (χ0) is 14.4. The quantitative estimate of drug-likeness (QED) is 0.807. The molecular formula is C16H24BrFN2. The molecule has 1 atom stereocenters. The van der Waals surface area contributed by atoms with E-state index < -0.39 is 0 Å². The van der Waals surface area contributed by atoms with E-state index in [1.807, 2.05) is 12.1 Å². The van der Waals surface area contributed by atoms with Gasteiger partial charge in [0.15, 0.2) is 0 Å². The van der Waals surface area contributed by atoms with Crippen molar-refractivity contribution in [2.24, 2.45) is 0 Å². The summed E-state index contributed by atoms with van der Waals surface area (Å²) in [6.07, 6.45) is 4.85. The van der Waals surface area contributed by atoms with Crippen molar-refractivity contribution in [3.05, 3.63) is 34.1 Å². The Balaban J connectivity index is 1.97. The number of hydrogen-bond acceptors (Lipinski definition) is 2. The van der Waals surface area contributed by atoms with Gasteiger partial charge in [-0.3, -0.25) is 4.90 Å². The summed E-state index contributed by atoms with van der Waals surface area (Å²) in [5.74, 6) is -0.111. The van der Waals surface area contributed by atoms with E-state index in [0.29, 0.717) is 12.6 Å². The first-order valence-electron chi connectivity index (χ1n) is 7.58. The van der Waals surface area contributed by atoms with Gasteiger partial charge in [0.1, 0.15) is 5.82 Å². The molecule has 0 aromatic heterocycles. The number of rotatable bonds is 7.